The fourth-order valence-electron chi connectivity index (χ4n) is 2.73. The van der Waals surface area contributed by atoms with Crippen LogP contribution in [0.2, 0.25) is 0 Å². The molecule has 2 rings (SSSR count). The van der Waals surface area contributed by atoms with Crippen LogP contribution in [0.25, 0.3) is 0 Å². The first-order valence-electron chi connectivity index (χ1n) is 8.83. The molecule has 0 aliphatic rings. The van der Waals surface area contributed by atoms with Gasteiger partial charge in [0.25, 0.3) is 5.91 Å². The van der Waals surface area contributed by atoms with Crippen LogP contribution in [-0.2, 0) is 14.3 Å². The van der Waals surface area contributed by atoms with Gasteiger partial charge in [0.1, 0.15) is 12.2 Å². The summed E-state index contributed by atoms with van der Waals surface area (Å²) in [7, 11) is 0. The van der Waals surface area contributed by atoms with Gasteiger partial charge in [-0.2, -0.15) is 0 Å². The first-order valence-corrected chi connectivity index (χ1v) is 9.62. The van der Waals surface area contributed by atoms with E-state index in [0.717, 1.165) is 4.47 Å². The lowest BCUT2D eigenvalue weighted by Gasteiger charge is -2.07. The molecule has 2 aromatic rings. The maximum Gasteiger partial charge on any atom is 0.355 e. The third kappa shape index (κ3) is 5.77. The van der Waals surface area contributed by atoms with Crippen LogP contribution in [0.1, 0.15) is 49.4 Å². The van der Waals surface area contributed by atoms with E-state index in [1.54, 1.807) is 45.0 Å². The van der Waals surface area contributed by atoms with Gasteiger partial charge in [0.05, 0.1) is 6.61 Å². The Morgan fingerprint density at radius 3 is 2.52 bits per heavy atom. The molecule has 1 aromatic heterocycles. The van der Waals surface area contributed by atoms with E-state index in [2.05, 4.69) is 26.2 Å². The molecular weight excluding hydrogens is 444 g/mol. The Labute approximate surface area is 176 Å². The lowest BCUT2D eigenvalue weighted by molar-refractivity contribution is -0.141. The zero-order valence-corrected chi connectivity index (χ0v) is 17.8. The molecule has 0 saturated heterocycles. The van der Waals surface area contributed by atoms with E-state index in [-0.39, 0.29) is 24.4 Å². The molecule has 1 amide bonds. The topological polar surface area (TPSA) is 115 Å². The Hall–Kier alpha value is -2.94. The van der Waals surface area contributed by atoms with Gasteiger partial charge < -0.3 is 19.8 Å². The number of esters is 2. The van der Waals surface area contributed by atoms with Crippen molar-refractivity contribution in [2.45, 2.75) is 20.8 Å². The quantitative estimate of drug-likeness (QED) is 0.458. The number of hydrogen-bond acceptors (Lipinski definition) is 6. The molecule has 0 fully saturated rings. The Bertz CT molecular complexity index is 950. The monoisotopic (exact) mass is 464 g/mol. The van der Waals surface area contributed by atoms with Gasteiger partial charge in [-0.1, -0.05) is 22.0 Å². The van der Waals surface area contributed by atoms with Crippen LogP contribution in [0.3, 0.4) is 0 Å². The molecule has 8 nitrogen and oxygen atoms in total. The van der Waals surface area contributed by atoms with Crippen molar-refractivity contribution < 1.29 is 28.7 Å². The van der Waals surface area contributed by atoms with Gasteiger partial charge in [0.15, 0.2) is 6.61 Å². The summed E-state index contributed by atoms with van der Waals surface area (Å²) in [5.41, 5.74) is 1.77. The van der Waals surface area contributed by atoms with Crippen LogP contribution >= 0.6 is 15.9 Å². The van der Waals surface area contributed by atoms with Crippen LogP contribution < -0.4 is 5.32 Å². The number of nitrogens with one attached hydrogen (secondary N) is 2. The number of carbonyl (C=O) groups is 4. The summed E-state index contributed by atoms with van der Waals surface area (Å²) in [6.45, 7) is 4.27. The molecule has 154 valence electrons. The Kier molecular flexibility index (Phi) is 7.72. The van der Waals surface area contributed by atoms with Crippen molar-refractivity contribution in [1.82, 2.24) is 10.3 Å². The maximum absolute atomic E-state index is 12.4. The summed E-state index contributed by atoms with van der Waals surface area (Å²) in [6, 6.07) is 6.69. The SMILES string of the molecule is CCOC(=O)c1[nH]c(C)c(C(=O)COC(=O)CNC(=O)c2cccc(Br)c2)c1C. The largest absolute Gasteiger partial charge is 0.461 e. The molecule has 0 bridgehead atoms. The highest BCUT2D eigenvalue weighted by Gasteiger charge is 2.23. The van der Waals surface area contributed by atoms with Crippen LogP contribution in [0.5, 0.6) is 0 Å². The number of aromatic amines is 1. The van der Waals surface area contributed by atoms with Crippen molar-refractivity contribution in [2.24, 2.45) is 0 Å². The zero-order chi connectivity index (χ0) is 21.6. The van der Waals surface area contributed by atoms with E-state index >= 15 is 0 Å². The van der Waals surface area contributed by atoms with Crippen LogP contribution in [0, 0.1) is 13.8 Å². The summed E-state index contributed by atoms with van der Waals surface area (Å²) in [6.07, 6.45) is 0. The number of amides is 1. The van der Waals surface area contributed by atoms with Crippen LogP contribution in [0.15, 0.2) is 28.7 Å². The minimum Gasteiger partial charge on any atom is -0.461 e. The lowest BCUT2D eigenvalue weighted by Crippen LogP contribution is -2.31. The van der Waals surface area contributed by atoms with Crippen molar-refractivity contribution in [3.8, 4) is 0 Å². The summed E-state index contributed by atoms with van der Waals surface area (Å²) >= 11 is 3.26. The van der Waals surface area contributed by atoms with E-state index in [1.165, 1.54) is 0 Å². The molecule has 0 saturated carbocycles. The molecule has 0 aliphatic carbocycles. The van der Waals surface area contributed by atoms with Crippen LogP contribution in [-0.4, -0.2) is 48.4 Å². The highest BCUT2D eigenvalue weighted by Crippen LogP contribution is 2.19. The molecule has 0 radical (unpaired) electrons. The Morgan fingerprint density at radius 1 is 1.14 bits per heavy atom. The van der Waals surface area contributed by atoms with Crippen LogP contribution in [0.4, 0.5) is 0 Å². The smallest absolute Gasteiger partial charge is 0.355 e. The summed E-state index contributed by atoms with van der Waals surface area (Å²) in [5, 5.41) is 2.43. The van der Waals surface area contributed by atoms with Gasteiger partial charge in [-0.3, -0.25) is 14.4 Å². The zero-order valence-electron chi connectivity index (χ0n) is 16.3. The molecule has 9 heteroatoms. The number of benzene rings is 1. The standard InChI is InChI=1S/C20H21BrN2O6/c1-4-28-20(27)18-11(2)17(12(3)23-18)15(24)10-29-16(25)9-22-19(26)13-6-5-7-14(21)8-13/h5-8,23H,4,9-10H2,1-3H3,(H,22,26). The molecule has 0 aliphatic heterocycles. The van der Waals surface area contributed by atoms with Crippen molar-refractivity contribution in [3.05, 3.63) is 56.8 Å². The van der Waals surface area contributed by atoms with Crippen molar-refractivity contribution >= 4 is 39.6 Å². The van der Waals surface area contributed by atoms with E-state index in [1.807, 2.05) is 0 Å². The van der Waals surface area contributed by atoms with Gasteiger partial charge in [-0.05, 0) is 44.5 Å². The summed E-state index contributed by atoms with van der Waals surface area (Å²) in [4.78, 5) is 51.1. The number of ketones is 1. The van der Waals surface area contributed by atoms with Gasteiger partial charge in [-0.15, -0.1) is 0 Å². The first-order chi connectivity index (χ1) is 13.7. The molecule has 1 aromatic carbocycles. The maximum atomic E-state index is 12.4. The van der Waals surface area contributed by atoms with E-state index < -0.39 is 30.2 Å². The highest BCUT2D eigenvalue weighted by atomic mass is 79.9. The van der Waals surface area contributed by atoms with E-state index in [0.29, 0.717) is 16.8 Å². The second-order valence-electron chi connectivity index (χ2n) is 6.12. The van der Waals surface area contributed by atoms with Crippen molar-refractivity contribution in [1.29, 1.82) is 0 Å². The fraction of sp³-hybridized carbons (Fsp3) is 0.300. The normalized spacial score (nSPS) is 10.3. The molecule has 1 heterocycles. The Morgan fingerprint density at radius 2 is 1.86 bits per heavy atom. The number of rotatable bonds is 8. The molecule has 29 heavy (non-hydrogen) atoms. The van der Waals surface area contributed by atoms with Gasteiger partial charge in [0, 0.05) is 21.3 Å². The summed E-state index contributed by atoms with van der Waals surface area (Å²) in [5.74, 6) is -2.21. The number of aryl methyl sites for hydroxylation is 1. The first kappa shape index (κ1) is 22.4. The van der Waals surface area contributed by atoms with Gasteiger partial charge in [-0.25, -0.2) is 4.79 Å². The predicted molar refractivity (Wildman–Crippen MR) is 108 cm³/mol. The second kappa shape index (κ2) is 10.0. The van der Waals surface area contributed by atoms with Gasteiger partial charge in [0.2, 0.25) is 5.78 Å². The number of Topliss-reactive ketones (excluding diaryl/α,β-unsaturated/α-hetero) is 1. The number of aromatic nitrogens is 1. The molecule has 0 spiro atoms. The molecule has 0 atom stereocenters. The number of ether oxygens (including phenoxy) is 2. The van der Waals surface area contributed by atoms with Gasteiger partial charge >= 0.3 is 11.9 Å². The molecule has 2 N–H and O–H groups in total. The summed E-state index contributed by atoms with van der Waals surface area (Å²) < 4.78 is 10.6. The Balaban J connectivity index is 1.91. The molecule has 0 unspecified atom stereocenters. The van der Waals surface area contributed by atoms with Crippen molar-refractivity contribution in [2.75, 3.05) is 19.8 Å². The average Bonchev–Trinajstić information content (AvgIpc) is 2.98. The number of carbonyl (C=O) groups excluding carboxylic acids is 4. The highest BCUT2D eigenvalue weighted by molar-refractivity contribution is 9.10. The predicted octanol–water partition coefficient (Wildman–Crippen LogP) is 2.73. The lowest BCUT2D eigenvalue weighted by atomic mass is 10.1. The van der Waals surface area contributed by atoms with E-state index in [4.69, 9.17) is 9.47 Å². The minimum absolute atomic E-state index is 0.195. The molecular formula is C20H21BrN2O6. The second-order valence-corrected chi connectivity index (χ2v) is 7.04. The number of hydrogen-bond donors (Lipinski definition) is 2. The number of H-pyrrole nitrogens is 1. The van der Waals surface area contributed by atoms with E-state index in [9.17, 15) is 19.2 Å². The third-order valence-electron chi connectivity index (χ3n) is 4.04. The average molecular weight is 465 g/mol. The number of halogens is 1. The third-order valence-corrected chi connectivity index (χ3v) is 4.53. The fourth-order valence-corrected chi connectivity index (χ4v) is 3.13. The minimum atomic E-state index is -0.752. The van der Waals surface area contributed by atoms with Crippen molar-refractivity contribution in [3.63, 3.8) is 0 Å².